The Balaban J connectivity index is 2.08. The number of halogens is 6. The lowest BCUT2D eigenvalue weighted by atomic mass is 10.1. The van der Waals surface area contributed by atoms with Crippen LogP contribution in [0.1, 0.15) is 32.6 Å². The molecule has 0 bridgehead atoms. The Morgan fingerprint density at radius 2 is 1.59 bits per heavy atom. The van der Waals surface area contributed by atoms with Crippen LogP contribution in [0.5, 0.6) is 5.75 Å². The molecule has 158 valence electrons. The summed E-state index contributed by atoms with van der Waals surface area (Å²) in [5, 5.41) is 2.59. The van der Waals surface area contributed by atoms with E-state index in [1.54, 1.807) is 6.07 Å². The SMILES string of the molecule is CC(=O)NCCc1ccc(C(=O)COc2cc(C(F)(F)F)cc(C(F)(F)F)c2)s1. The van der Waals surface area contributed by atoms with Crippen LogP contribution in [0, 0.1) is 0 Å². The van der Waals surface area contributed by atoms with Crippen molar-refractivity contribution in [2.45, 2.75) is 25.7 Å². The molecule has 2 rings (SSSR count). The van der Waals surface area contributed by atoms with Crippen LogP contribution < -0.4 is 10.1 Å². The Bertz CT molecular complexity index is 856. The van der Waals surface area contributed by atoms with E-state index in [0.717, 1.165) is 16.2 Å². The van der Waals surface area contributed by atoms with Crippen LogP contribution >= 0.6 is 11.3 Å². The van der Waals surface area contributed by atoms with Crippen molar-refractivity contribution in [1.82, 2.24) is 5.32 Å². The molecule has 4 nitrogen and oxygen atoms in total. The minimum atomic E-state index is -5.00. The number of carbonyl (C=O) groups is 2. The van der Waals surface area contributed by atoms with E-state index in [-0.39, 0.29) is 16.9 Å². The summed E-state index contributed by atoms with van der Waals surface area (Å²) in [6.45, 7) is 1.01. The van der Waals surface area contributed by atoms with E-state index < -0.39 is 41.6 Å². The maximum atomic E-state index is 12.8. The molecule has 1 aromatic heterocycles. The zero-order valence-electron chi connectivity index (χ0n) is 14.9. The number of Topliss-reactive ketones (excluding diaryl/α,β-unsaturated/α-hetero) is 1. The van der Waals surface area contributed by atoms with Crippen molar-refractivity contribution >= 4 is 23.0 Å². The summed E-state index contributed by atoms with van der Waals surface area (Å²) >= 11 is 1.10. The zero-order chi connectivity index (χ0) is 21.8. The number of amides is 1. The van der Waals surface area contributed by atoms with Gasteiger partial charge < -0.3 is 10.1 Å². The van der Waals surface area contributed by atoms with Crippen molar-refractivity contribution in [3.8, 4) is 5.75 Å². The fraction of sp³-hybridized carbons (Fsp3) is 0.333. The van der Waals surface area contributed by atoms with Gasteiger partial charge in [0, 0.05) is 18.3 Å². The number of alkyl halides is 6. The number of ketones is 1. The van der Waals surface area contributed by atoms with Gasteiger partial charge in [-0.2, -0.15) is 26.3 Å². The lowest BCUT2D eigenvalue weighted by Gasteiger charge is -2.14. The second kappa shape index (κ2) is 8.85. The fourth-order valence-corrected chi connectivity index (χ4v) is 3.19. The molecule has 1 aromatic carbocycles. The predicted octanol–water partition coefficient (Wildman–Crippen LogP) is 4.73. The van der Waals surface area contributed by atoms with Gasteiger partial charge in [-0.05, 0) is 36.8 Å². The van der Waals surface area contributed by atoms with Crippen molar-refractivity contribution in [2.75, 3.05) is 13.2 Å². The maximum Gasteiger partial charge on any atom is 0.416 e. The molecule has 1 heterocycles. The molecular formula is C18H15F6NO3S. The van der Waals surface area contributed by atoms with Crippen LogP contribution in [0.15, 0.2) is 30.3 Å². The number of hydrogen-bond acceptors (Lipinski definition) is 4. The highest BCUT2D eigenvalue weighted by Gasteiger charge is 2.37. The Morgan fingerprint density at radius 1 is 1.00 bits per heavy atom. The number of carbonyl (C=O) groups excluding carboxylic acids is 2. The molecule has 1 amide bonds. The van der Waals surface area contributed by atoms with E-state index in [4.69, 9.17) is 4.74 Å². The second-order valence-corrected chi connectivity index (χ2v) is 7.12. The molecule has 1 N–H and O–H groups in total. The fourth-order valence-electron chi connectivity index (χ4n) is 2.25. The topological polar surface area (TPSA) is 55.4 Å². The molecule has 0 saturated carbocycles. The van der Waals surface area contributed by atoms with Gasteiger partial charge >= 0.3 is 12.4 Å². The van der Waals surface area contributed by atoms with Crippen LogP contribution in [0.4, 0.5) is 26.3 Å². The van der Waals surface area contributed by atoms with E-state index in [1.807, 2.05) is 0 Å². The number of thiophene rings is 1. The largest absolute Gasteiger partial charge is 0.485 e. The van der Waals surface area contributed by atoms with E-state index >= 15 is 0 Å². The number of ether oxygens (including phenoxy) is 1. The molecule has 0 aliphatic heterocycles. The van der Waals surface area contributed by atoms with Crippen molar-refractivity contribution in [3.63, 3.8) is 0 Å². The molecule has 0 radical (unpaired) electrons. The van der Waals surface area contributed by atoms with Gasteiger partial charge in [0.15, 0.2) is 6.61 Å². The lowest BCUT2D eigenvalue weighted by Crippen LogP contribution is -2.22. The minimum Gasteiger partial charge on any atom is -0.485 e. The molecule has 29 heavy (non-hydrogen) atoms. The summed E-state index contributed by atoms with van der Waals surface area (Å²) in [5.41, 5.74) is -3.04. The summed E-state index contributed by atoms with van der Waals surface area (Å²) in [5.74, 6) is -1.50. The minimum absolute atomic E-state index is 0.0185. The molecule has 0 atom stereocenters. The third kappa shape index (κ3) is 6.77. The van der Waals surface area contributed by atoms with Crippen LogP contribution in [0.3, 0.4) is 0 Å². The molecular weight excluding hydrogens is 424 g/mol. The molecule has 0 saturated heterocycles. The average molecular weight is 439 g/mol. The summed E-state index contributed by atoms with van der Waals surface area (Å²) in [7, 11) is 0. The lowest BCUT2D eigenvalue weighted by molar-refractivity contribution is -0.143. The van der Waals surface area contributed by atoms with Crippen molar-refractivity contribution < 1.29 is 40.7 Å². The highest BCUT2D eigenvalue weighted by molar-refractivity contribution is 7.14. The molecule has 0 unspecified atom stereocenters. The molecule has 0 spiro atoms. The molecule has 0 aliphatic carbocycles. The van der Waals surface area contributed by atoms with Crippen LogP contribution in [0.2, 0.25) is 0 Å². The highest BCUT2D eigenvalue weighted by atomic mass is 32.1. The van der Waals surface area contributed by atoms with Gasteiger partial charge in [0.1, 0.15) is 5.75 Å². The molecule has 0 fully saturated rings. The predicted molar refractivity (Wildman–Crippen MR) is 93.0 cm³/mol. The van der Waals surface area contributed by atoms with Gasteiger partial charge in [-0.25, -0.2) is 0 Å². The van der Waals surface area contributed by atoms with Gasteiger partial charge in [-0.3, -0.25) is 9.59 Å². The van der Waals surface area contributed by atoms with Gasteiger partial charge in [-0.1, -0.05) is 0 Å². The average Bonchev–Trinajstić information content (AvgIpc) is 3.06. The number of benzene rings is 1. The zero-order valence-corrected chi connectivity index (χ0v) is 15.7. The first kappa shape index (κ1) is 22.7. The Labute approximate surface area is 165 Å². The van der Waals surface area contributed by atoms with Crippen molar-refractivity contribution in [3.05, 3.63) is 51.2 Å². The molecule has 11 heteroatoms. The first-order valence-electron chi connectivity index (χ1n) is 8.15. The van der Waals surface area contributed by atoms with Crippen LogP contribution in [-0.4, -0.2) is 24.8 Å². The summed E-state index contributed by atoms with van der Waals surface area (Å²) < 4.78 is 82.0. The van der Waals surface area contributed by atoms with E-state index in [0.29, 0.717) is 25.1 Å². The van der Waals surface area contributed by atoms with E-state index in [1.165, 1.54) is 13.0 Å². The highest BCUT2D eigenvalue weighted by Crippen LogP contribution is 2.38. The number of nitrogens with one attached hydrogen (secondary N) is 1. The van der Waals surface area contributed by atoms with Gasteiger partial charge in [0.25, 0.3) is 0 Å². The Hall–Kier alpha value is -2.56. The first-order chi connectivity index (χ1) is 13.4. The monoisotopic (exact) mass is 439 g/mol. The van der Waals surface area contributed by atoms with Gasteiger partial charge in [0.05, 0.1) is 16.0 Å². The molecule has 2 aromatic rings. The quantitative estimate of drug-likeness (QED) is 0.502. The third-order valence-electron chi connectivity index (χ3n) is 3.61. The smallest absolute Gasteiger partial charge is 0.416 e. The van der Waals surface area contributed by atoms with Crippen LogP contribution in [-0.2, 0) is 23.6 Å². The van der Waals surface area contributed by atoms with E-state index in [2.05, 4.69) is 5.32 Å². The summed E-state index contributed by atoms with van der Waals surface area (Å²) in [6.07, 6.45) is -9.53. The standard InChI is InChI=1S/C18H15F6NO3S/c1-10(26)25-5-4-14-2-3-16(29-14)15(27)9-28-13-7-11(17(19,20)21)6-12(8-13)18(22,23)24/h2-3,6-8H,4-5,9H2,1H3,(H,25,26). The maximum absolute atomic E-state index is 12.8. The first-order valence-corrected chi connectivity index (χ1v) is 8.96. The van der Waals surface area contributed by atoms with Crippen LogP contribution in [0.25, 0.3) is 0 Å². The van der Waals surface area contributed by atoms with Crippen molar-refractivity contribution in [1.29, 1.82) is 0 Å². The van der Waals surface area contributed by atoms with Gasteiger partial charge in [0.2, 0.25) is 11.7 Å². The summed E-state index contributed by atoms with van der Waals surface area (Å²) in [4.78, 5) is 24.0. The molecule has 0 aliphatic rings. The van der Waals surface area contributed by atoms with E-state index in [9.17, 15) is 35.9 Å². The Kier molecular flexibility index (Phi) is 6.93. The Morgan fingerprint density at radius 3 is 2.10 bits per heavy atom. The number of rotatable bonds is 7. The normalized spacial score (nSPS) is 12.0. The second-order valence-electron chi connectivity index (χ2n) is 5.95. The number of hydrogen-bond donors (Lipinski definition) is 1. The van der Waals surface area contributed by atoms with Gasteiger partial charge in [-0.15, -0.1) is 11.3 Å². The van der Waals surface area contributed by atoms with Crippen molar-refractivity contribution in [2.24, 2.45) is 0 Å². The summed E-state index contributed by atoms with van der Waals surface area (Å²) in [6, 6.07) is 3.93. The third-order valence-corrected chi connectivity index (χ3v) is 4.80.